The number of carbonyl (C=O) groups excluding carboxylic acids is 1. The fourth-order valence-electron chi connectivity index (χ4n) is 5.75. The molecule has 2 fully saturated rings. The molecule has 0 bridgehead atoms. The van der Waals surface area contributed by atoms with Crippen molar-refractivity contribution in [3.63, 3.8) is 0 Å². The maximum atomic E-state index is 11.6. The summed E-state index contributed by atoms with van der Waals surface area (Å²) in [6.07, 6.45) is 3.18. The molecule has 8 nitrogen and oxygen atoms in total. The van der Waals surface area contributed by atoms with Gasteiger partial charge in [0.15, 0.2) is 5.13 Å². The Kier molecular flexibility index (Phi) is 8.71. The Hall–Kier alpha value is -3.43. The molecule has 3 N–H and O–H groups in total. The second kappa shape index (κ2) is 12.4. The fourth-order valence-corrected chi connectivity index (χ4v) is 6.63. The van der Waals surface area contributed by atoms with Crippen LogP contribution in [-0.4, -0.2) is 53.0 Å². The second-order valence-electron chi connectivity index (χ2n) is 11.1. The molecule has 1 amide bonds. The zero-order valence-electron chi connectivity index (χ0n) is 23.3. The van der Waals surface area contributed by atoms with E-state index in [-0.39, 0.29) is 17.7 Å². The molecule has 2 saturated heterocycles. The first-order chi connectivity index (χ1) is 19.3. The highest BCUT2D eigenvalue weighted by Crippen LogP contribution is 2.37. The van der Waals surface area contributed by atoms with Gasteiger partial charge in [-0.05, 0) is 74.4 Å². The van der Waals surface area contributed by atoms with E-state index >= 15 is 0 Å². The zero-order valence-corrected chi connectivity index (χ0v) is 24.1. The van der Waals surface area contributed by atoms with Gasteiger partial charge in [-0.15, -0.1) is 11.3 Å². The number of para-hydroxylation sites is 1. The molecule has 2 aromatic carbocycles. The number of carbonyl (C=O) groups is 2. The Bertz CT molecular complexity index is 1370. The van der Waals surface area contributed by atoms with Gasteiger partial charge in [-0.25, -0.2) is 4.98 Å². The Morgan fingerprint density at radius 1 is 1.07 bits per heavy atom. The third kappa shape index (κ3) is 6.47. The standard InChI is InChI=1S/C31H38N4O4S/c1-20-5-3-7-26(27-19-40-31(33-27)35-13-10-23(11-14-35)30(37)38)28(20)39-18-25-9-8-22(15-21(25)2)16-34-12-4-6-24(17-34)29(32)36/h3,5,7-9,15,19,23-24H,4,6,10-14,16-18H2,1-2H3,(H2,32,36)(H,37,38). The van der Waals surface area contributed by atoms with E-state index in [1.807, 2.05) is 12.1 Å². The highest BCUT2D eigenvalue weighted by molar-refractivity contribution is 7.14. The third-order valence-electron chi connectivity index (χ3n) is 8.19. The van der Waals surface area contributed by atoms with E-state index < -0.39 is 5.97 Å². The molecule has 0 spiro atoms. The van der Waals surface area contributed by atoms with E-state index in [0.717, 1.165) is 65.7 Å². The number of aromatic nitrogens is 1. The molecule has 0 saturated carbocycles. The number of amides is 1. The number of carboxylic acids is 1. The van der Waals surface area contributed by atoms with Crippen molar-refractivity contribution in [2.45, 2.75) is 52.7 Å². The first-order valence-corrected chi connectivity index (χ1v) is 14.9. The first-order valence-electron chi connectivity index (χ1n) is 14.0. The maximum absolute atomic E-state index is 11.6. The van der Waals surface area contributed by atoms with E-state index in [2.05, 4.69) is 53.3 Å². The van der Waals surface area contributed by atoms with Gasteiger partial charge in [0.25, 0.3) is 0 Å². The summed E-state index contributed by atoms with van der Waals surface area (Å²) in [7, 11) is 0. The number of nitrogens with zero attached hydrogens (tertiary/aromatic N) is 3. The van der Waals surface area contributed by atoms with Gasteiger partial charge < -0.3 is 20.5 Å². The van der Waals surface area contributed by atoms with Crippen LogP contribution in [0.5, 0.6) is 5.75 Å². The van der Waals surface area contributed by atoms with Gasteiger partial charge in [-0.1, -0.05) is 30.3 Å². The SMILES string of the molecule is Cc1cc(CN2CCCC(C(N)=O)C2)ccc1COc1c(C)cccc1-c1csc(N2CCC(C(=O)O)CC2)n1. The molecule has 3 aromatic rings. The number of thiazole rings is 1. The summed E-state index contributed by atoms with van der Waals surface area (Å²) in [6, 6.07) is 12.6. The molecule has 2 aliphatic rings. The highest BCUT2D eigenvalue weighted by atomic mass is 32.1. The van der Waals surface area contributed by atoms with Crippen LogP contribution in [0.25, 0.3) is 11.3 Å². The van der Waals surface area contributed by atoms with Gasteiger partial charge in [0, 0.05) is 37.1 Å². The average Bonchev–Trinajstić information content (AvgIpc) is 3.43. The lowest BCUT2D eigenvalue weighted by atomic mass is 9.96. The second-order valence-corrected chi connectivity index (χ2v) is 11.9. The van der Waals surface area contributed by atoms with Crippen LogP contribution in [0.3, 0.4) is 0 Å². The topological polar surface area (TPSA) is 109 Å². The van der Waals surface area contributed by atoms with Crippen LogP contribution in [0.1, 0.15) is 47.9 Å². The maximum Gasteiger partial charge on any atom is 0.306 e. The van der Waals surface area contributed by atoms with E-state index in [1.54, 1.807) is 11.3 Å². The number of aryl methyl sites for hydroxylation is 2. The number of carboxylic acid groups (broad SMARTS) is 1. The van der Waals surface area contributed by atoms with Crippen LogP contribution in [0, 0.1) is 25.7 Å². The Morgan fingerprint density at radius 3 is 2.60 bits per heavy atom. The van der Waals surface area contributed by atoms with Crippen molar-refractivity contribution < 1.29 is 19.4 Å². The number of hydrogen-bond donors (Lipinski definition) is 2. The quantitative estimate of drug-likeness (QED) is 0.378. The molecule has 1 atom stereocenters. The van der Waals surface area contributed by atoms with Crippen LogP contribution in [0.4, 0.5) is 5.13 Å². The van der Waals surface area contributed by atoms with Gasteiger partial charge in [0.1, 0.15) is 12.4 Å². The molecular formula is C31H38N4O4S. The molecule has 212 valence electrons. The zero-order chi connectivity index (χ0) is 28.2. The van der Waals surface area contributed by atoms with E-state index in [9.17, 15) is 14.7 Å². The number of piperidine rings is 2. The summed E-state index contributed by atoms with van der Waals surface area (Å²) >= 11 is 1.59. The summed E-state index contributed by atoms with van der Waals surface area (Å²) < 4.78 is 6.44. The predicted molar refractivity (Wildman–Crippen MR) is 158 cm³/mol. The summed E-state index contributed by atoms with van der Waals surface area (Å²) in [5, 5.41) is 12.3. The number of hydrogen-bond acceptors (Lipinski definition) is 7. The normalized spacial score (nSPS) is 18.6. The largest absolute Gasteiger partial charge is 0.488 e. The lowest BCUT2D eigenvalue weighted by Gasteiger charge is -2.31. The van der Waals surface area contributed by atoms with Gasteiger partial charge in [-0.2, -0.15) is 0 Å². The highest BCUT2D eigenvalue weighted by Gasteiger charge is 2.27. The number of likely N-dealkylation sites (tertiary alicyclic amines) is 1. The molecule has 5 rings (SSSR count). The van der Waals surface area contributed by atoms with E-state index in [1.165, 1.54) is 11.1 Å². The van der Waals surface area contributed by atoms with Crippen molar-refractivity contribution in [1.82, 2.24) is 9.88 Å². The smallest absolute Gasteiger partial charge is 0.306 e. The van der Waals surface area contributed by atoms with Crippen molar-refractivity contribution in [3.05, 3.63) is 64.0 Å². The molecule has 2 aliphatic heterocycles. The molecule has 9 heteroatoms. The van der Waals surface area contributed by atoms with Crippen LogP contribution in [-0.2, 0) is 22.7 Å². The van der Waals surface area contributed by atoms with E-state index in [4.69, 9.17) is 15.5 Å². The van der Waals surface area contributed by atoms with Gasteiger partial charge in [0.05, 0.1) is 17.5 Å². The predicted octanol–water partition coefficient (Wildman–Crippen LogP) is 5.00. The van der Waals surface area contributed by atoms with Crippen molar-refractivity contribution in [2.75, 3.05) is 31.1 Å². The summed E-state index contributed by atoms with van der Waals surface area (Å²) in [5.41, 5.74) is 12.0. The van der Waals surface area contributed by atoms with E-state index in [0.29, 0.717) is 32.5 Å². The van der Waals surface area contributed by atoms with Gasteiger partial charge >= 0.3 is 5.97 Å². The Balaban J connectivity index is 1.25. The minimum atomic E-state index is -0.703. The monoisotopic (exact) mass is 562 g/mol. The van der Waals surface area contributed by atoms with Gasteiger partial charge in [-0.3, -0.25) is 14.5 Å². The number of aliphatic carboxylic acids is 1. The fraction of sp³-hybridized carbons (Fsp3) is 0.452. The van der Waals surface area contributed by atoms with Crippen molar-refractivity contribution >= 4 is 28.3 Å². The summed E-state index contributed by atoms with van der Waals surface area (Å²) in [6.45, 7) is 8.57. The minimum Gasteiger partial charge on any atom is -0.488 e. The Morgan fingerprint density at radius 2 is 1.88 bits per heavy atom. The average molecular weight is 563 g/mol. The molecule has 0 radical (unpaired) electrons. The molecule has 40 heavy (non-hydrogen) atoms. The molecular weight excluding hydrogens is 524 g/mol. The lowest BCUT2D eigenvalue weighted by Crippen LogP contribution is -2.40. The summed E-state index contributed by atoms with van der Waals surface area (Å²) in [5.74, 6) is -0.379. The number of primary amides is 1. The number of rotatable bonds is 9. The van der Waals surface area contributed by atoms with Crippen LogP contribution >= 0.6 is 11.3 Å². The number of ether oxygens (including phenoxy) is 1. The molecule has 1 unspecified atom stereocenters. The van der Waals surface area contributed by atoms with Gasteiger partial charge in [0.2, 0.25) is 5.91 Å². The molecule has 1 aromatic heterocycles. The van der Waals surface area contributed by atoms with Crippen LogP contribution < -0.4 is 15.4 Å². The molecule has 3 heterocycles. The summed E-state index contributed by atoms with van der Waals surface area (Å²) in [4.78, 5) is 32.4. The minimum absolute atomic E-state index is 0.0521. The van der Waals surface area contributed by atoms with Crippen molar-refractivity contribution in [1.29, 1.82) is 0 Å². The number of anilines is 1. The van der Waals surface area contributed by atoms with Crippen molar-refractivity contribution in [2.24, 2.45) is 17.6 Å². The molecule has 0 aliphatic carbocycles. The third-order valence-corrected chi connectivity index (χ3v) is 9.09. The lowest BCUT2D eigenvalue weighted by molar-refractivity contribution is -0.142. The number of nitrogens with two attached hydrogens (primary N) is 1. The first kappa shape index (κ1) is 28.1. The van der Waals surface area contributed by atoms with Crippen LogP contribution in [0.2, 0.25) is 0 Å². The Labute approximate surface area is 239 Å². The van der Waals surface area contributed by atoms with Crippen molar-refractivity contribution in [3.8, 4) is 17.0 Å². The van der Waals surface area contributed by atoms with Crippen LogP contribution in [0.15, 0.2) is 41.8 Å². The number of benzene rings is 2.